The van der Waals surface area contributed by atoms with Gasteiger partial charge in [0.05, 0.1) is 49.3 Å². The van der Waals surface area contributed by atoms with Gasteiger partial charge < -0.3 is 30.0 Å². The summed E-state index contributed by atoms with van der Waals surface area (Å²) < 4.78 is 22.7. The molecule has 3 N–H and O–H groups in total. The first-order valence-electron chi connectivity index (χ1n) is 12.4. The van der Waals surface area contributed by atoms with Crippen LogP contribution in [0.2, 0.25) is 10.0 Å². The quantitative estimate of drug-likeness (QED) is 0.268. The normalized spacial score (nSPS) is 12.7. The summed E-state index contributed by atoms with van der Waals surface area (Å²) in [4.78, 5) is 9.06. The molecule has 0 saturated carbocycles. The number of halogens is 2. The van der Waals surface area contributed by atoms with E-state index in [2.05, 4.69) is 15.4 Å². The van der Waals surface area contributed by atoms with Gasteiger partial charge in [-0.15, -0.1) is 0 Å². The molecule has 12 heteroatoms. The highest BCUT2D eigenvalue weighted by Crippen LogP contribution is 2.46. The summed E-state index contributed by atoms with van der Waals surface area (Å²) in [6.07, 6.45) is 7.99. The van der Waals surface area contributed by atoms with E-state index in [1.165, 1.54) is 27.1 Å². The highest BCUT2D eigenvalue weighted by Gasteiger charge is 2.21. The summed E-state index contributed by atoms with van der Waals surface area (Å²) in [5.74, 6) is 1.83. The van der Waals surface area contributed by atoms with Crippen LogP contribution in [0.3, 0.4) is 0 Å². The van der Waals surface area contributed by atoms with E-state index in [1.54, 1.807) is 31.6 Å². The molecule has 0 bridgehead atoms. The van der Waals surface area contributed by atoms with E-state index in [0.717, 1.165) is 29.5 Å². The first kappa shape index (κ1) is 28.7. The second-order valence-corrected chi connectivity index (χ2v) is 9.50. The van der Waals surface area contributed by atoms with Gasteiger partial charge in [0.2, 0.25) is 0 Å². The number of ether oxygens (including phenoxy) is 4. The van der Waals surface area contributed by atoms with Crippen molar-refractivity contribution >= 4 is 45.6 Å². The maximum Gasteiger partial charge on any atom is 0.141 e. The fourth-order valence-electron chi connectivity index (χ4n) is 4.04. The van der Waals surface area contributed by atoms with E-state index in [9.17, 15) is 0 Å². The zero-order valence-electron chi connectivity index (χ0n) is 22.2. The monoisotopic (exact) mass is 574 g/mol. The maximum absolute atomic E-state index is 6.64. The van der Waals surface area contributed by atoms with Gasteiger partial charge in [0.15, 0.2) is 0 Å². The van der Waals surface area contributed by atoms with Gasteiger partial charge in [0, 0.05) is 67.2 Å². The molecule has 1 saturated heterocycles. The highest BCUT2D eigenvalue weighted by molar-refractivity contribution is 6.41. The Morgan fingerprint density at radius 3 is 2.36 bits per heavy atom. The van der Waals surface area contributed by atoms with Crippen molar-refractivity contribution in [2.24, 2.45) is 0 Å². The van der Waals surface area contributed by atoms with Gasteiger partial charge in [-0.3, -0.25) is 4.68 Å². The average Bonchev–Trinajstić information content (AvgIpc) is 3.67. The predicted octanol–water partition coefficient (Wildman–Crippen LogP) is 5.45. The Bertz CT molecular complexity index is 1380. The minimum absolute atomic E-state index is 0.328. The lowest BCUT2D eigenvalue weighted by molar-refractivity contribution is 0.183. The van der Waals surface area contributed by atoms with Gasteiger partial charge in [-0.25, -0.2) is 9.97 Å². The third kappa shape index (κ3) is 7.02. The number of aromatic nitrogens is 4. The molecule has 1 aliphatic rings. The summed E-state index contributed by atoms with van der Waals surface area (Å²) in [6.45, 7) is 3.74. The third-order valence-corrected chi connectivity index (χ3v) is 6.81. The molecule has 0 unspecified atom stereocenters. The Kier molecular flexibility index (Phi) is 10.0. The predicted molar refractivity (Wildman–Crippen MR) is 154 cm³/mol. The molecule has 1 aliphatic heterocycles. The number of pyridine rings is 2. The Morgan fingerprint density at radius 2 is 1.74 bits per heavy atom. The number of nitrogens with two attached hydrogens (primary N) is 1. The average molecular weight is 575 g/mol. The second kappa shape index (κ2) is 13.7. The fraction of sp³-hybridized carbons (Fsp3) is 0.370. The van der Waals surface area contributed by atoms with Gasteiger partial charge in [0.25, 0.3) is 0 Å². The number of nitrogen functional groups attached to an aromatic ring is 1. The zero-order chi connectivity index (χ0) is 27.8. The lowest BCUT2D eigenvalue weighted by Crippen LogP contribution is -2.05. The molecule has 0 atom stereocenters. The van der Waals surface area contributed by atoms with Crippen molar-refractivity contribution in [3.05, 3.63) is 52.4 Å². The highest BCUT2D eigenvalue weighted by atomic mass is 35.5. The minimum Gasteiger partial charge on any atom is -0.495 e. The van der Waals surface area contributed by atoms with Crippen molar-refractivity contribution in [1.82, 2.24) is 19.7 Å². The number of nitrogens with zero attached hydrogens (tertiary/aromatic N) is 4. The topological polar surface area (TPSA) is 119 Å². The maximum atomic E-state index is 6.64. The smallest absolute Gasteiger partial charge is 0.141 e. The largest absolute Gasteiger partial charge is 0.495 e. The Morgan fingerprint density at radius 1 is 1.03 bits per heavy atom. The van der Waals surface area contributed by atoms with Gasteiger partial charge in [-0.2, -0.15) is 5.10 Å². The van der Waals surface area contributed by atoms with Crippen LogP contribution in [0.1, 0.15) is 18.4 Å². The van der Waals surface area contributed by atoms with Crippen molar-refractivity contribution in [2.75, 3.05) is 52.2 Å². The van der Waals surface area contributed by atoms with Crippen molar-refractivity contribution in [3.8, 4) is 22.8 Å². The first-order chi connectivity index (χ1) is 18.9. The van der Waals surface area contributed by atoms with Crippen LogP contribution >= 0.6 is 23.2 Å². The third-order valence-electron chi connectivity index (χ3n) is 6.06. The SMILES string of the molecule is C1CCOC1.COCCn1cc(CNc2nc(-c3c(Cl)c(OC)cc(OC)c3Cl)cc3cnc(N)cc23)cn1. The lowest BCUT2D eigenvalue weighted by atomic mass is 10.1. The van der Waals surface area contributed by atoms with Crippen LogP contribution in [0.4, 0.5) is 11.6 Å². The molecule has 0 amide bonds. The van der Waals surface area contributed by atoms with Crippen LogP contribution in [0.15, 0.2) is 36.8 Å². The molecular weight excluding hydrogens is 543 g/mol. The molecular formula is C27H32Cl2N6O4. The van der Waals surface area contributed by atoms with Crippen LogP contribution in [0, 0.1) is 0 Å². The van der Waals surface area contributed by atoms with E-state index < -0.39 is 0 Å². The van der Waals surface area contributed by atoms with Crippen LogP contribution < -0.4 is 20.5 Å². The van der Waals surface area contributed by atoms with Gasteiger partial charge in [-0.05, 0) is 25.0 Å². The molecule has 10 nitrogen and oxygen atoms in total. The van der Waals surface area contributed by atoms with E-state index in [1.807, 2.05) is 16.9 Å². The standard InChI is InChI=1S/C23H24Cl2N6O3.C4H8O/c1-32-5-4-31-12-13(10-29-31)9-28-23-15-7-19(26)27-11-14(15)6-16(30-23)20-21(24)17(33-2)8-18(34-3)22(20)25;1-2-4-5-3-1/h6-8,10-12H,4-5,9H2,1-3H3,(H2,26,27)(H,28,30);1-4H2. The number of hydrogen-bond acceptors (Lipinski definition) is 9. The molecule has 0 radical (unpaired) electrons. The first-order valence-corrected chi connectivity index (χ1v) is 13.2. The molecule has 39 heavy (non-hydrogen) atoms. The Labute approximate surface area is 237 Å². The van der Waals surface area contributed by atoms with Gasteiger partial charge >= 0.3 is 0 Å². The fourth-order valence-corrected chi connectivity index (χ4v) is 4.73. The van der Waals surface area contributed by atoms with E-state index in [4.69, 9.17) is 52.9 Å². The Hall–Kier alpha value is -3.31. The molecule has 1 fully saturated rings. The summed E-state index contributed by atoms with van der Waals surface area (Å²) >= 11 is 13.3. The molecule has 208 valence electrons. The Balaban J connectivity index is 0.000000634. The molecule has 4 heterocycles. The summed E-state index contributed by atoms with van der Waals surface area (Å²) in [5.41, 5.74) is 7.97. The number of fused-ring (bicyclic) bond motifs is 1. The summed E-state index contributed by atoms with van der Waals surface area (Å²) in [5, 5.41) is 10.0. The van der Waals surface area contributed by atoms with Gasteiger partial charge in [0.1, 0.15) is 23.1 Å². The molecule has 5 rings (SSSR count). The number of rotatable bonds is 9. The lowest BCUT2D eigenvalue weighted by Gasteiger charge is -2.16. The summed E-state index contributed by atoms with van der Waals surface area (Å²) in [6, 6.07) is 5.26. The van der Waals surface area contributed by atoms with Crippen LogP contribution in [0.5, 0.6) is 11.5 Å². The van der Waals surface area contributed by atoms with Crippen LogP contribution in [0.25, 0.3) is 22.0 Å². The van der Waals surface area contributed by atoms with E-state index >= 15 is 0 Å². The molecule has 4 aromatic rings. The van der Waals surface area contributed by atoms with Crippen LogP contribution in [-0.2, 0) is 22.6 Å². The van der Waals surface area contributed by atoms with Crippen LogP contribution in [-0.4, -0.2) is 60.9 Å². The molecule has 3 aromatic heterocycles. The van der Waals surface area contributed by atoms with Crippen molar-refractivity contribution in [3.63, 3.8) is 0 Å². The van der Waals surface area contributed by atoms with Crippen molar-refractivity contribution < 1.29 is 18.9 Å². The number of benzene rings is 1. The zero-order valence-corrected chi connectivity index (χ0v) is 23.7. The van der Waals surface area contributed by atoms with Crippen molar-refractivity contribution in [2.45, 2.75) is 25.9 Å². The van der Waals surface area contributed by atoms with E-state index in [-0.39, 0.29) is 0 Å². The van der Waals surface area contributed by atoms with Gasteiger partial charge in [-0.1, -0.05) is 23.2 Å². The second-order valence-electron chi connectivity index (χ2n) is 8.75. The van der Waals surface area contributed by atoms with Crippen molar-refractivity contribution in [1.29, 1.82) is 0 Å². The number of hydrogen-bond donors (Lipinski definition) is 2. The number of methoxy groups -OCH3 is 3. The molecule has 0 aliphatic carbocycles. The molecule has 0 spiro atoms. The number of anilines is 2. The number of nitrogens with one attached hydrogen (secondary N) is 1. The van der Waals surface area contributed by atoms with E-state index in [0.29, 0.717) is 64.1 Å². The minimum atomic E-state index is 0.328. The summed E-state index contributed by atoms with van der Waals surface area (Å²) in [7, 11) is 4.71. The molecule has 1 aromatic carbocycles.